The van der Waals surface area contributed by atoms with Crippen molar-refractivity contribution in [2.45, 2.75) is 24.3 Å². The van der Waals surface area contributed by atoms with E-state index >= 15 is 0 Å². The third-order valence-electron chi connectivity index (χ3n) is 4.21. The minimum absolute atomic E-state index is 0.120. The molecule has 152 valence electrons. The van der Waals surface area contributed by atoms with Crippen LogP contribution in [0.2, 0.25) is 5.02 Å². The van der Waals surface area contributed by atoms with Crippen LogP contribution in [0.4, 0.5) is 4.39 Å². The van der Waals surface area contributed by atoms with Gasteiger partial charge in [-0.2, -0.15) is 0 Å². The van der Waals surface area contributed by atoms with E-state index in [0.717, 1.165) is 4.31 Å². The molecule has 0 saturated carbocycles. The standard InChI is InChI=1S/C19H22ClFN2O4S/c1-19(2,14-8-7-13(21)11-15(14)20)22-18(24)12-6-9-16(27-5)17(10-12)28(25,26)23(3)4/h6-11H,1-5H3,(H,22,24). The summed E-state index contributed by atoms with van der Waals surface area (Å²) in [5.41, 5.74) is -0.270. The molecule has 0 atom stereocenters. The molecule has 0 saturated heterocycles. The fraction of sp³-hybridized carbons (Fsp3) is 0.316. The molecule has 1 N–H and O–H groups in total. The summed E-state index contributed by atoms with van der Waals surface area (Å²) in [4.78, 5) is 12.7. The minimum atomic E-state index is -3.82. The number of methoxy groups -OCH3 is 1. The van der Waals surface area contributed by atoms with Crippen LogP contribution in [0.15, 0.2) is 41.3 Å². The molecule has 2 aromatic carbocycles. The number of nitrogens with zero attached hydrogens (tertiary/aromatic N) is 1. The van der Waals surface area contributed by atoms with Gasteiger partial charge in [0, 0.05) is 24.7 Å². The third kappa shape index (κ3) is 4.45. The van der Waals surface area contributed by atoms with Crippen LogP contribution in [-0.2, 0) is 15.6 Å². The topological polar surface area (TPSA) is 75.7 Å². The molecule has 0 aromatic heterocycles. The van der Waals surface area contributed by atoms with E-state index in [9.17, 15) is 17.6 Å². The lowest BCUT2D eigenvalue weighted by Gasteiger charge is -2.28. The summed E-state index contributed by atoms with van der Waals surface area (Å²) in [6.07, 6.45) is 0. The quantitative estimate of drug-likeness (QED) is 0.765. The second-order valence-electron chi connectivity index (χ2n) is 6.86. The smallest absolute Gasteiger partial charge is 0.252 e. The van der Waals surface area contributed by atoms with Crippen molar-refractivity contribution in [1.82, 2.24) is 9.62 Å². The summed E-state index contributed by atoms with van der Waals surface area (Å²) >= 11 is 6.11. The molecule has 2 rings (SSSR count). The van der Waals surface area contributed by atoms with Crippen molar-refractivity contribution in [3.05, 3.63) is 58.4 Å². The molecule has 0 heterocycles. The van der Waals surface area contributed by atoms with E-state index in [4.69, 9.17) is 16.3 Å². The maximum Gasteiger partial charge on any atom is 0.252 e. The van der Waals surface area contributed by atoms with Crippen molar-refractivity contribution in [1.29, 1.82) is 0 Å². The summed E-state index contributed by atoms with van der Waals surface area (Å²) in [6, 6.07) is 8.05. The van der Waals surface area contributed by atoms with Crippen LogP contribution < -0.4 is 10.1 Å². The molecular formula is C19H22ClFN2O4S. The summed E-state index contributed by atoms with van der Waals surface area (Å²) in [5.74, 6) is -0.862. The van der Waals surface area contributed by atoms with E-state index in [1.807, 2.05) is 0 Å². The Bertz CT molecular complexity index is 1010. The average Bonchev–Trinajstić information content (AvgIpc) is 2.60. The van der Waals surface area contributed by atoms with E-state index in [1.54, 1.807) is 13.8 Å². The summed E-state index contributed by atoms with van der Waals surface area (Å²) in [6.45, 7) is 3.43. The van der Waals surface area contributed by atoms with Crippen LogP contribution in [0, 0.1) is 5.82 Å². The van der Waals surface area contributed by atoms with Crippen molar-refractivity contribution in [2.24, 2.45) is 0 Å². The largest absolute Gasteiger partial charge is 0.495 e. The van der Waals surface area contributed by atoms with Crippen LogP contribution in [-0.4, -0.2) is 39.8 Å². The molecule has 0 fully saturated rings. The highest BCUT2D eigenvalue weighted by atomic mass is 35.5. The van der Waals surface area contributed by atoms with Gasteiger partial charge in [0.05, 0.1) is 12.6 Å². The van der Waals surface area contributed by atoms with E-state index in [-0.39, 0.29) is 21.2 Å². The highest BCUT2D eigenvalue weighted by molar-refractivity contribution is 7.89. The van der Waals surface area contributed by atoms with Gasteiger partial charge in [0.1, 0.15) is 16.5 Å². The van der Waals surface area contributed by atoms with Crippen LogP contribution in [0.1, 0.15) is 29.8 Å². The lowest BCUT2D eigenvalue weighted by Crippen LogP contribution is -2.41. The van der Waals surface area contributed by atoms with E-state index < -0.39 is 27.3 Å². The number of sulfonamides is 1. The third-order valence-corrected chi connectivity index (χ3v) is 6.36. The van der Waals surface area contributed by atoms with Gasteiger partial charge in [-0.15, -0.1) is 0 Å². The van der Waals surface area contributed by atoms with E-state index in [0.29, 0.717) is 5.56 Å². The molecule has 0 aliphatic heterocycles. The van der Waals surface area contributed by atoms with Crippen LogP contribution in [0.25, 0.3) is 0 Å². The SMILES string of the molecule is COc1ccc(C(=O)NC(C)(C)c2ccc(F)cc2Cl)cc1S(=O)(=O)N(C)C. The predicted octanol–water partition coefficient (Wildman–Crippen LogP) is 3.40. The molecule has 0 bridgehead atoms. The van der Waals surface area contributed by atoms with Crippen molar-refractivity contribution in [3.63, 3.8) is 0 Å². The van der Waals surface area contributed by atoms with E-state index in [2.05, 4.69) is 5.32 Å². The normalized spacial score (nSPS) is 12.1. The molecule has 2 aromatic rings. The molecule has 0 radical (unpaired) electrons. The Morgan fingerprint density at radius 1 is 1.18 bits per heavy atom. The molecule has 0 aliphatic carbocycles. The van der Waals surface area contributed by atoms with Gasteiger partial charge in [0.2, 0.25) is 10.0 Å². The fourth-order valence-electron chi connectivity index (χ4n) is 2.64. The highest BCUT2D eigenvalue weighted by Crippen LogP contribution is 2.30. The van der Waals surface area contributed by atoms with Gasteiger partial charge in [-0.3, -0.25) is 4.79 Å². The zero-order valence-electron chi connectivity index (χ0n) is 16.2. The number of hydrogen-bond donors (Lipinski definition) is 1. The average molecular weight is 429 g/mol. The van der Waals surface area contributed by atoms with Gasteiger partial charge < -0.3 is 10.1 Å². The molecular weight excluding hydrogens is 407 g/mol. The van der Waals surface area contributed by atoms with Crippen LogP contribution in [0.5, 0.6) is 5.75 Å². The zero-order valence-corrected chi connectivity index (χ0v) is 17.8. The number of halogens is 2. The summed E-state index contributed by atoms with van der Waals surface area (Å²) < 4.78 is 44.5. The van der Waals surface area contributed by atoms with Gasteiger partial charge in [-0.05, 0) is 49.7 Å². The van der Waals surface area contributed by atoms with Crippen LogP contribution >= 0.6 is 11.6 Å². The Kier molecular flexibility index (Phi) is 6.37. The summed E-state index contributed by atoms with van der Waals surface area (Å²) in [5, 5.41) is 2.98. The van der Waals surface area contributed by atoms with Gasteiger partial charge in [0.25, 0.3) is 5.91 Å². The van der Waals surface area contributed by atoms with E-state index in [1.165, 1.54) is 57.6 Å². The number of carbonyl (C=O) groups excluding carboxylic acids is 1. The highest BCUT2D eigenvalue weighted by Gasteiger charge is 2.28. The molecule has 6 nitrogen and oxygen atoms in total. The Labute approximate surface area is 169 Å². The Hall–Kier alpha value is -2.16. The second-order valence-corrected chi connectivity index (χ2v) is 9.38. The molecule has 9 heteroatoms. The van der Waals surface area contributed by atoms with Crippen molar-refractivity contribution in [3.8, 4) is 5.75 Å². The number of rotatable bonds is 6. The minimum Gasteiger partial charge on any atom is -0.495 e. The Morgan fingerprint density at radius 3 is 2.36 bits per heavy atom. The van der Waals surface area contributed by atoms with Gasteiger partial charge in [0.15, 0.2) is 0 Å². The maximum atomic E-state index is 13.3. The number of nitrogens with one attached hydrogen (secondary N) is 1. The lowest BCUT2D eigenvalue weighted by molar-refractivity contribution is 0.0912. The number of ether oxygens (including phenoxy) is 1. The Balaban J connectivity index is 2.41. The fourth-order valence-corrected chi connectivity index (χ4v) is 4.11. The maximum absolute atomic E-state index is 13.3. The second kappa shape index (κ2) is 8.06. The number of carbonyl (C=O) groups is 1. The molecule has 28 heavy (non-hydrogen) atoms. The number of benzene rings is 2. The first-order valence-electron chi connectivity index (χ1n) is 8.28. The first-order valence-corrected chi connectivity index (χ1v) is 10.1. The monoisotopic (exact) mass is 428 g/mol. The molecule has 0 aliphatic rings. The first kappa shape index (κ1) is 22.1. The van der Waals surface area contributed by atoms with Gasteiger partial charge in [-0.25, -0.2) is 17.1 Å². The number of hydrogen-bond acceptors (Lipinski definition) is 4. The molecule has 1 amide bonds. The molecule has 0 spiro atoms. The van der Waals surface area contributed by atoms with Crippen molar-refractivity contribution in [2.75, 3.05) is 21.2 Å². The predicted molar refractivity (Wildman–Crippen MR) is 106 cm³/mol. The number of amides is 1. The van der Waals surface area contributed by atoms with Gasteiger partial charge >= 0.3 is 0 Å². The van der Waals surface area contributed by atoms with Gasteiger partial charge in [-0.1, -0.05) is 17.7 Å². The first-order chi connectivity index (χ1) is 12.9. The molecule has 0 unspecified atom stereocenters. The summed E-state index contributed by atoms with van der Waals surface area (Å²) in [7, 11) is 0.313. The van der Waals surface area contributed by atoms with Crippen molar-refractivity contribution >= 4 is 27.5 Å². The van der Waals surface area contributed by atoms with Crippen LogP contribution in [0.3, 0.4) is 0 Å². The Morgan fingerprint density at radius 2 is 1.82 bits per heavy atom. The van der Waals surface area contributed by atoms with Crippen molar-refractivity contribution < 1.29 is 22.3 Å². The zero-order chi connectivity index (χ0) is 21.3. The lowest BCUT2D eigenvalue weighted by atomic mass is 9.93.